The van der Waals surface area contributed by atoms with E-state index in [1.807, 2.05) is 29.2 Å². The number of carbonyl (C=O) groups is 3. The molecule has 7 nitrogen and oxygen atoms in total. The Kier molecular flexibility index (Phi) is 6.46. The number of benzene rings is 2. The normalized spacial score (nSPS) is 21.1. The summed E-state index contributed by atoms with van der Waals surface area (Å²) in [5.41, 5.74) is 0.733. The van der Waals surface area contributed by atoms with Crippen molar-refractivity contribution in [3.8, 4) is 0 Å². The second-order valence-electron chi connectivity index (χ2n) is 8.13. The molecule has 0 unspecified atom stereocenters. The zero-order chi connectivity index (χ0) is 22.9. The summed E-state index contributed by atoms with van der Waals surface area (Å²) < 4.78 is 5.92. The van der Waals surface area contributed by atoms with Crippen LogP contribution in [0.4, 0.5) is 5.69 Å². The van der Waals surface area contributed by atoms with Crippen molar-refractivity contribution >= 4 is 39.4 Å². The molecule has 2 saturated heterocycles. The van der Waals surface area contributed by atoms with Gasteiger partial charge in [-0.3, -0.25) is 14.5 Å². The minimum Gasteiger partial charge on any atom is -0.462 e. The molecular formula is C24H25BrN2O5. The van der Waals surface area contributed by atoms with Crippen LogP contribution in [0.3, 0.4) is 0 Å². The van der Waals surface area contributed by atoms with Gasteiger partial charge in [-0.1, -0.05) is 28.1 Å². The Bertz CT molecular complexity index is 1010. The molecule has 2 aliphatic rings. The van der Waals surface area contributed by atoms with Gasteiger partial charge in [0.1, 0.15) is 0 Å². The Morgan fingerprint density at radius 1 is 1.09 bits per heavy atom. The monoisotopic (exact) mass is 500 g/mol. The Labute approximate surface area is 195 Å². The molecule has 2 aromatic rings. The van der Waals surface area contributed by atoms with E-state index in [1.165, 1.54) is 4.90 Å². The molecule has 168 valence electrons. The van der Waals surface area contributed by atoms with Crippen LogP contribution < -0.4 is 4.90 Å². The summed E-state index contributed by atoms with van der Waals surface area (Å²) in [4.78, 5) is 40.8. The van der Waals surface area contributed by atoms with E-state index in [4.69, 9.17) is 4.74 Å². The first-order chi connectivity index (χ1) is 15.3. The van der Waals surface area contributed by atoms with Crippen LogP contribution in [0.25, 0.3) is 0 Å². The molecule has 0 saturated carbocycles. The largest absolute Gasteiger partial charge is 0.462 e. The lowest BCUT2D eigenvalue weighted by atomic mass is 9.84. The average Bonchev–Trinajstić information content (AvgIpc) is 3.09. The number of hydrogen-bond acceptors (Lipinski definition) is 6. The molecule has 0 spiro atoms. The number of carbonyl (C=O) groups excluding carboxylic acids is 3. The van der Waals surface area contributed by atoms with Crippen LogP contribution >= 0.6 is 15.9 Å². The van der Waals surface area contributed by atoms with Gasteiger partial charge in [-0.2, -0.15) is 0 Å². The van der Waals surface area contributed by atoms with Crippen molar-refractivity contribution in [2.75, 3.05) is 24.6 Å². The molecule has 2 aromatic carbocycles. The van der Waals surface area contributed by atoms with Gasteiger partial charge in [0.15, 0.2) is 0 Å². The number of halogens is 1. The highest BCUT2D eigenvalue weighted by molar-refractivity contribution is 9.10. The number of esters is 1. The molecule has 0 aliphatic carbocycles. The fourth-order valence-corrected chi connectivity index (χ4v) is 4.65. The minimum absolute atomic E-state index is 0.106. The number of amides is 2. The summed E-state index contributed by atoms with van der Waals surface area (Å²) in [6.07, 6.45) is 1.08. The molecule has 32 heavy (non-hydrogen) atoms. The lowest BCUT2D eigenvalue weighted by Gasteiger charge is -2.40. The topological polar surface area (TPSA) is 87.2 Å². The molecule has 2 heterocycles. The molecule has 8 heteroatoms. The zero-order valence-corrected chi connectivity index (χ0v) is 19.4. The molecule has 2 amide bonds. The van der Waals surface area contributed by atoms with E-state index in [0.717, 1.165) is 10.0 Å². The van der Waals surface area contributed by atoms with Crippen molar-refractivity contribution < 1.29 is 24.2 Å². The van der Waals surface area contributed by atoms with Crippen LogP contribution in [0.2, 0.25) is 0 Å². The van der Waals surface area contributed by atoms with Crippen molar-refractivity contribution in [2.45, 2.75) is 37.8 Å². The van der Waals surface area contributed by atoms with Crippen molar-refractivity contribution in [1.29, 1.82) is 0 Å². The predicted molar refractivity (Wildman–Crippen MR) is 122 cm³/mol. The molecular weight excluding hydrogens is 476 g/mol. The van der Waals surface area contributed by atoms with Gasteiger partial charge in [0.2, 0.25) is 5.91 Å². The fraction of sp³-hybridized carbons (Fsp3) is 0.375. The van der Waals surface area contributed by atoms with E-state index < -0.39 is 17.6 Å². The smallest absolute Gasteiger partial charge is 0.338 e. The Balaban J connectivity index is 1.43. The maximum absolute atomic E-state index is 13.1. The third kappa shape index (κ3) is 4.35. The fourth-order valence-electron chi connectivity index (χ4n) is 4.39. The predicted octanol–water partition coefficient (Wildman–Crippen LogP) is 3.24. The number of hydrogen-bond donors (Lipinski definition) is 1. The summed E-state index contributed by atoms with van der Waals surface area (Å²) in [6.45, 7) is 3.05. The maximum atomic E-state index is 13.1. The van der Waals surface area contributed by atoms with Gasteiger partial charge in [0, 0.05) is 17.6 Å². The van der Waals surface area contributed by atoms with Crippen molar-refractivity contribution in [3.63, 3.8) is 0 Å². The highest BCUT2D eigenvalue weighted by Gasteiger charge is 2.45. The number of imide groups is 1. The number of rotatable bonds is 5. The van der Waals surface area contributed by atoms with Gasteiger partial charge < -0.3 is 9.84 Å². The van der Waals surface area contributed by atoms with Crippen LogP contribution in [-0.2, 0) is 19.9 Å². The van der Waals surface area contributed by atoms with Crippen LogP contribution in [0, 0.1) is 0 Å². The van der Waals surface area contributed by atoms with Crippen LogP contribution in [-0.4, -0.2) is 53.5 Å². The number of likely N-dealkylation sites (tertiary alicyclic amines) is 1. The first kappa shape index (κ1) is 22.6. The zero-order valence-electron chi connectivity index (χ0n) is 17.8. The van der Waals surface area contributed by atoms with Crippen molar-refractivity contribution in [2.24, 2.45) is 0 Å². The molecule has 1 atom stereocenters. The number of ether oxygens (including phenoxy) is 1. The van der Waals surface area contributed by atoms with Gasteiger partial charge in [-0.15, -0.1) is 0 Å². The minimum atomic E-state index is -0.939. The van der Waals surface area contributed by atoms with E-state index in [-0.39, 0.29) is 24.8 Å². The Morgan fingerprint density at radius 2 is 1.72 bits per heavy atom. The van der Waals surface area contributed by atoms with Crippen LogP contribution in [0.15, 0.2) is 53.0 Å². The molecule has 2 aliphatic heterocycles. The quantitative estimate of drug-likeness (QED) is 0.500. The molecule has 0 bridgehead atoms. The third-order valence-electron chi connectivity index (χ3n) is 6.21. The third-order valence-corrected chi connectivity index (χ3v) is 6.74. The standard InChI is InChI=1S/C24H25BrN2O5/c1-2-32-23(30)16-3-9-19(10-4-16)27-21(28)15-20(22(27)29)26-13-11-24(31,12-14-26)17-5-7-18(25)8-6-17/h3-10,20,31H,2,11-15H2,1H3/t20-/m0/s1. The summed E-state index contributed by atoms with van der Waals surface area (Å²) in [5.74, 6) is -0.979. The lowest BCUT2D eigenvalue weighted by molar-refractivity contribution is -0.124. The average molecular weight is 501 g/mol. The van der Waals surface area contributed by atoms with Gasteiger partial charge in [0.05, 0.1) is 35.9 Å². The second-order valence-corrected chi connectivity index (χ2v) is 9.04. The first-order valence-electron chi connectivity index (χ1n) is 10.7. The molecule has 4 rings (SSSR count). The van der Waals surface area contributed by atoms with E-state index in [0.29, 0.717) is 37.2 Å². The van der Waals surface area contributed by atoms with Crippen molar-refractivity contribution in [1.82, 2.24) is 4.90 Å². The van der Waals surface area contributed by atoms with E-state index >= 15 is 0 Å². The van der Waals surface area contributed by atoms with E-state index in [9.17, 15) is 19.5 Å². The summed E-state index contributed by atoms with van der Waals surface area (Å²) >= 11 is 3.41. The first-order valence-corrected chi connectivity index (χ1v) is 11.5. The van der Waals surface area contributed by atoms with Gasteiger partial charge in [0.25, 0.3) is 5.91 Å². The van der Waals surface area contributed by atoms with E-state index in [2.05, 4.69) is 15.9 Å². The van der Waals surface area contributed by atoms with Gasteiger partial charge in [-0.05, 0) is 61.7 Å². The van der Waals surface area contributed by atoms with Gasteiger partial charge in [-0.25, -0.2) is 9.69 Å². The number of nitrogens with zero attached hydrogens (tertiary/aromatic N) is 2. The molecule has 1 N–H and O–H groups in total. The van der Waals surface area contributed by atoms with Crippen molar-refractivity contribution in [3.05, 3.63) is 64.1 Å². The van der Waals surface area contributed by atoms with E-state index in [1.54, 1.807) is 31.2 Å². The van der Waals surface area contributed by atoms with Crippen LogP contribution in [0.5, 0.6) is 0 Å². The molecule has 0 aromatic heterocycles. The van der Waals surface area contributed by atoms with Crippen LogP contribution in [0.1, 0.15) is 42.1 Å². The number of anilines is 1. The number of piperidine rings is 1. The SMILES string of the molecule is CCOC(=O)c1ccc(N2C(=O)C[C@H](N3CCC(O)(c4ccc(Br)cc4)CC3)C2=O)cc1. The summed E-state index contributed by atoms with van der Waals surface area (Å²) in [6, 6.07) is 13.4. The second kappa shape index (κ2) is 9.13. The Morgan fingerprint density at radius 3 is 2.31 bits per heavy atom. The summed E-state index contributed by atoms with van der Waals surface area (Å²) in [5, 5.41) is 11.1. The van der Waals surface area contributed by atoms with Gasteiger partial charge >= 0.3 is 5.97 Å². The maximum Gasteiger partial charge on any atom is 0.338 e. The molecule has 2 fully saturated rings. The lowest BCUT2D eigenvalue weighted by Crippen LogP contribution is -2.49. The molecule has 0 radical (unpaired) electrons. The highest BCUT2D eigenvalue weighted by atomic mass is 79.9. The summed E-state index contributed by atoms with van der Waals surface area (Å²) in [7, 11) is 0. The highest BCUT2D eigenvalue weighted by Crippen LogP contribution is 2.36. The Hall–Kier alpha value is -2.55. The number of aliphatic hydroxyl groups is 1.